The van der Waals surface area contributed by atoms with Crippen LogP contribution in [-0.4, -0.2) is 82.3 Å². The number of carbonyl (C=O) groups is 2. The van der Waals surface area contributed by atoms with Crippen LogP contribution in [-0.2, 0) is 35.8 Å². The highest BCUT2D eigenvalue weighted by atomic mass is 16.5. The van der Waals surface area contributed by atoms with Gasteiger partial charge in [-0.1, -0.05) is 36.4 Å². The number of rotatable bonds is 6. The Morgan fingerprint density at radius 1 is 1.21 bits per heavy atom. The number of nitrogens with zero attached hydrogens (tertiary/aromatic N) is 8. The predicted molar refractivity (Wildman–Crippen MR) is 146 cm³/mol. The molecule has 0 spiro atoms. The van der Waals surface area contributed by atoms with E-state index in [2.05, 4.69) is 37.1 Å². The normalized spacial score (nSPS) is 17.5. The standard InChI is InChI=1S/C27H31N9O3/c1-28-25(32-33(2)14-19-7-5-4-6-8-19)26(37)31-21-17-39-23-10-9-20(13-22(23)34(3)27(21)38)15-35-11-12-36-24(16-35)29-18-30-36/h4-10,13,18,21H,1,11-12,14-17H2,2-3H3,(H,31,37)/b32-25-/t21-/m1/s1. The number of ether oxygens (including phenoxy) is 1. The molecular weight excluding hydrogens is 498 g/mol. The number of hydrogen-bond acceptors (Lipinski definition) is 8. The summed E-state index contributed by atoms with van der Waals surface area (Å²) in [6, 6.07) is 14.6. The minimum absolute atomic E-state index is 0.0205. The van der Waals surface area contributed by atoms with E-state index in [-0.39, 0.29) is 18.3 Å². The molecule has 5 rings (SSSR count). The number of benzene rings is 2. The molecule has 1 atom stereocenters. The van der Waals surface area contributed by atoms with Crippen LogP contribution in [0.15, 0.2) is 65.0 Å². The van der Waals surface area contributed by atoms with Gasteiger partial charge in [0, 0.05) is 27.2 Å². The average Bonchev–Trinajstić information content (AvgIpc) is 3.38. The van der Waals surface area contributed by atoms with Gasteiger partial charge in [-0.05, 0) is 30.0 Å². The molecule has 1 aromatic heterocycles. The zero-order valence-electron chi connectivity index (χ0n) is 22.0. The van der Waals surface area contributed by atoms with Crippen LogP contribution in [0.1, 0.15) is 17.0 Å². The minimum Gasteiger partial charge on any atom is -0.489 e. The number of amidine groups is 1. The molecule has 2 aliphatic heterocycles. The fourth-order valence-corrected chi connectivity index (χ4v) is 4.67. The molecular formula is C27H31N9O3. The Hall–Kier alpha value is -4.58. The van der Waals surface area contributed by atoms with E-state index in [9.17, 15) is 9.59 Å². The number of anilines is 1. The summed E-state index contributed by atoms with van der Waals surface area (Å²) in [4.78, 5) is 38.2. The summed E-state index contributed by atoms with van der Waals surface area (Å²) in [5.74, 6) is 0.470. The molecule has 0 saturated heterocycles. The molecule has 2 aliphatic rings. The Bertz CT molecular complexity index is 1390. The second-order valence-corrected chi connectivity index (χ2v) is 9.53. The monoisotopic (exact) mass is 529 g/mol. The molecule has 0 bridgehead atoms. The molecule has 0 aliphatic carbocycles. The van der Waals surface area contributed by atoms with Gasteiger partial charge in [0.05, 0.1) is 25.3 Å². The first kappa shape index (κ1) is 26.0. The predicted octanol–water partition coefficient (Wildman–Crippen LogP) is 1.28. The summed E-state index contributed by atoms with van der Waals surface area (Å²) < 4.78 is 7.87. The van der Waals surface area contributed by atoms with E-state index in [0.717, 1.165) is 30.0 Å². The molecule has 12 heteroatoms. The summed E-state index contributed by atoms with van der Waals surface area (Å²) >= 11 is 0. The molecule has 0 saturated carbocycles. The maximum Gasteiger partial charge on any atom is 0.291 e. The molecule has 39 heavy (non-hydrogen) atoms. The number of aromatic nitrogens is 3. The summed E-state index contributed by atoms with van der Waals surface area (Å²) in [6.07, 6.45) is 1.58. The Labute approximate surface area is 226 Å². The van der Waals surface area contributed by atoms with Crippen molar-refractivity contribution in [2.24, 2.45) is 10.1 Å². The summed E-state index contributed by atoms with van der Waals surface area (Å²) in [5.41, 5.74) is 2.72. The van der Waals surface area contributed by atoms with Gasteiger partial charge in [0.25, 0.3) is 11.8 Å². The minimum atomic E-state index is -0.918. The van der Waals surface area contributed by atoms with Gasteiger partial charge >= 0.3 is 0 Å². The number of fused-ring (bicyclic) bond motifs is 2. The smallest absolute Gasteiger partial charge is 0.291 e. The number of amides is 2. The highest BCUT2D eigenvalue weighted by molar-refractivity contribution is 6.39. The molecule has 3 heterocycles. The first-order valence-corrected chi connectivity index (χ1v) is 12.6. The molecule has 0 radical (unpaired) electrons. The number of hydrogen-bond donors (Lipinski definition) is 1. The molecule has 0 unspecified atom stereocenters. The zero-order chi connectivity index (χ0) is 27.4. The van der Waals surface area contributed by atoms with E-state index in [1.807, 2.05) is 53.2 Å². The quantitative estimate of drug-likeness (QED) is 0.290. The lowest BCUT2D eigenvalue weighted by molar-refractivity contribution is -0.124. The van der Waals surface area contributed by atoms with Crippen molar-refractivity contribution in [2.75, 3.05) is 32.1 Å². The van der Waals surface area contributed by atoms with Crippen molar-refractivity contribution in [3.05, 3.63) is 71.8 Å². The SMILES string of the molecule is C=N/C(=N\N(C)Cc1ccccc1)C(=O)N[C@@H]1COc2ccc(CN3CCn4ncnc4C3)cc2N(C)C1=O. The third kappa shape index (κ3) is 5.96. The van der Waals surface area contributed by atoms with Crippen LogP contribution in [0.5, 0.6) is 5.75 Å². The van der Waals surface area contributed by atoms with E-state index >= 15 is 0 Å². The van der Waals surface area contributed by atoms with Crippen molar-refractivity contribution in [1.29, 1.82) is 0 Å². The molecule has 12 nitrogen and oxygen atoms in total. The summed E-state index contributed by atoms with van der Waals surface area (Å²) in [7, 11) is 3.42. The molecule has 202 valence electrons. The highest BCUT2D eigenvalue weighted by Gasteiger charge is 2.32. The van der Waals surface area contributed by atoms with Crippen molar-refractivity contribution in [3.63, 3.8) is 0 Å². The van der Waals surface area contributed by atoms with E-state index in [1.165, 1.54) is 4.90 Å². The molecule has 2 aromatic carbocycles. The van der Waals surface area contributed by atoms with Gasteiger partial charge in [0.1, 0.15) is 30.5 Å². The maximum atomic E-state index is 13.3. The average molecular weight is 530 g/mol. The van der Waals surface area contributed by atoms with Crippen LogP contribution in [0.25, 0.3) is 0 Å². The van der Waals surface area contributed by atoms with Crippen LogP contribution in [0, 0.1) is 0 Å². The van der Waals surface area contributed by atoms with Crippen LogP contribution in [0.2, 0.25) is 0 Å². The number of likely N-dealkylation sites (N-methyl/N-ethyl adjacent to an activating group) is 1. The van der Waals surface area contributed by atoms with Crippen LogP contribution < -0.4 is 15.0 Å². The fraction of sp³-hybridized carbons (Fsp3) is 0.333. The maximum absolute atomic E-state index is 13.3. The topological polar surface area (TPSA) is 121 Å². The lowest BCUT2D eigenvalue weighted by Gasteiger charge is -2.27. The van der Waals surface area contributed by atoms with Crippen molar-refractivity contribution >= 4 is 30.1 Å². The second-order valence-electron chi connectivity index (χ2n) is 9.53. The highest BCUT2D eigenvalue weighted by Crippen LogP contribution is 2.32. The van der Waals surface area contributed by atoms with Crippen molar-refractivity contribution in [3.8, 4) is 5.75 Å². The largest absolute Gasteiger partial charge is 0.489 e. The van der Waals surface area contributed by atoms with Gasteiger partial charge in [-0.15, -0.1) is 0 Å². The Morgan fingerprint density at radius 3 is 2.82 bits per heavy atom. The van der Waals surface area contributed by atoms with E-state index in [4.69, 9.17) is 4.74 Å². The zero-order valence-corrected chi connectivity index (χ0v) is 22.0. The lowest BCUT2D eigenvalue weighted by Crippen LogP contribution is -2.51. The third-order valence-corrected chi connectivity index (χ3v) is 6.69. The van der Waals surface area contributed by atoms with Gasteiger partial charge in [-0.3, -0.25) is 19.5 Å². The first-order valence-electron chi connectivity index (χ1n) is 12.6. The van der Waals surface area contributed by atoms with E-state index in [0.29, 0.717) is 31.1 Å². The number of hydrazone groups is 1. The molecule has 0 fully saturated rings. The number of nitrogens with one attached hydrogen (secondary N) is 1. The third-order valence-electron chi connectivity index (χ3n) is 6.69. The molecule has 2 amide bonds. The number of aliphatic imine (C=N–C) groups is 1. The van der Waals surface area contributed by atoms with Crippen molar-refractivity contribution < 1.29 is 14.3 Å². The van der Waals surface area contributed by atoms with Crippen molar-refractivity contribution in [1.82, 2.24) is 30.0 Å². The van der Waals surface area contributed by atoms with Crippen molar-refractivity contribution in [2.45, 2.75) is 32.2 Å². The first-order chi connectivity index (χ1) is 18.9. The number of carbonyl (C=O) groups excluding carboxylic acids is 2. The van der Waals surface area contributed by atoms with Gasteiger partial charge in [0.2, 0.25) is 5.84 Å². The molecule has 1 N–H and O–H groups in total. The van der Waals surface area contributed by atoms with Gasteiger partial charge in [-0.25, -0.2) is 14.7 Å². The second kappa shape index (κ2) is 11.4. The van der Waals surface area contributed by atoms with Gasteiger partial charge in [-0.2, -0.15) is 10.2 Å². The fourth-order valence-electron chi connectivity index (χ4n) is 4.67. The van der Waals surface area contributed by atoms with E-state index in [1.54, 1.807) is 25.4 Å². The van der Waals surface area contributed by atoms with Crippen LogP contribution >= 0.6 is 0 Å². The Morgan fingerprint density at radius 2 is 2.03 bits per heavy atom. The van der Waals surface area contributed by atoms with E-state index < -0.39 is 11.9 Å². The van der Waals surface area contributed by atoms with Gasteiger partial charge < -0.3 is 15.0 Å². The molecule has 3 aromatic rings. The van der Waals surface area contributed by atoms with Crippen LogP contribution in [0.4, 0.5) is 5.69 Å². The Kier molecular flexibility index (Phi) is 7.64. The summed E-state index contributed by atoms with van der Waals surface area (Å²) in [6.45, 7) is 6.99. The van der Waals surface area contributed by atoms with Crippen LogP contribution in [0.3, 0.4) is 0 Å². The van der Waals surface area contributed by atoms with Gasteiger partial charge in [0.15, 0.2) is 0 Å². The Balaban J connectivity index is 1.24. The lowest BCUT2D eigenvalue weighted by atomic mass is 10.1. The summed E-state index contributed by atoms with van der Waals surface area (Å²) in [5, 5.41) is 12.8.